The highest BCUT2D eigenvalue weighted by Gasteiger charge is 2.31. The molecule has 0 aliphatic carbocycles. The van der Waals surface area contributed by atoms with Crippen LogP contribution in [0.1, 0.15) is 11.6 Å². The Morgan fingerprint density at radius 3 is 2.19 bits per heavy atom. The molecule has 1 heterocycles. The van der Waals surface area contributed by atoms with Crippen molar-refractivity contribution in [3.63, 3.8) is 0 Å². The fraction of sp³-hybridized carbons (Fsp3) is 0.278. The van der Waals surface area contributed by atoms with E-state index in [1.807, 2.05) is 4.90 Å². The average Bonchev–Trinajstić information content (AvgIpc) is 2.66. The van der Waals surface area contributed by atoms with Crippen molar-refractivity contribution in [2.24, 2.45) is 0 Å². The summed E-state index contributed by atoms with van der Waals surface area (Å²) in [5, 5.41) is 9.98. The van der Waals surface area contributed by atoms with Gasteiger partial charge in [-0.25, -0.2) is 12.8 Å². The number of sulfonamides is 1. The third-order valence-corrected chi connectivity index (χ3v) is 7.11. The number of nitrogens with zero attached hydrogens (tertiary/aromatic N) is 3. The van der Waals surface area contributed by atoms with Crippen molar-refractivity contribution in [1.29, 1.82) is 5.26 Å². The van der Waals surface area contributed by atoms with E-state index in [2.05, 4.69) is 6.07 Å². The van der Waals surface area contributed by atoms with Gasteiger partial charge in [0.2, 0.25) is 10.0 Å². The first kappa shape index (κ1) is 20.1. The van der Waals surface area contributed by atoms with Crippen LogP contribution in [-0.4, -0.2) is 43.8 Å². The van der Waals surface area contributed by atoms with Crippen LogP contribution in [0, 0.1) is 17.1 Å². The number of halogens is 3. The van der Waals surface area contributed by atoms with Crippen molar-refractivity contribution >= 4 is 33.2 Å². The normalized spacial score (nSPS) is 17.4. The number of piperazine rings is 1. The van der Waals surface area contributed by atoms with Gasteiger partial charge in [-0.05, 0) is 35.9 Å². The van der Waals surface area contributed by atoms with Gasteiger partial charge in [0.1, 0.15) is 11.9 Å². The minimum Gasteiger partial charge on any atom is -0.282 e. The Morgan fingerprint density at radius 1 is 1.00 bits per heavy atom. The highest BCUT2D eigenvalue weighted by Crippen LogP contribution is 2.28. The second-order valence-corrected chi connectivity index (χ2v) is 8.85. The number of hydrogen-bond acceptors (Lipinski definition) is 4. The molecule has 1 fully saturated rings. The summed E-state index contributed by atoms with van der Waals surface area (Å²) < 4.78 is 40.1. The Balaban J connectivity index is 1.73. The van der Waals surface area contributed by atoms with Crippen molar-refractivity contribution < 1.29 is 12.8 Å². The summed E-state index contributed by atoms with van der Waals surface area (Å²) in [6.45, 7) is 1.25. The fourth-order valence-corrected chi connectivity index (χ4v) is 4.81. The molecule has 2 aromatic rings. The summed E-state index contributed by atoms with van der Waals surface area (Å²) in [4.78, 5) is 1.97. The predicted octanol–water partition coefficient (Wildman–Crippen LogP) is 3.70. The Labute approximate surface area is 167 Å². The Kier molecular flexibility index (Phi) is 6.04. The van der Waals surface area contributed by atoms with Crippen molar-refractivity contribution in [1.82, 2.24) is 9.21 Å². The lowest BCUT2D eigenvalue weighted by Gasteiger charge is -2.36. The van der Waals surface area contributed by atoms with Crippen LogP contribution in [0.4, 0.5) is 4.39 Å². The van der Waals surface area contributed by atoms with E-state index in [-0.39, 0.29) is 33.8 Å². The van der Waals surface area contributed by atoms with Gasteiger partial charge in [-0.2, -0.15) is 9.57 Å². The SMILES string of the molecule is N#CC(c1ccc(F)cc1)N1CCN(S(=O)(=O)c2ccc(Cl)c(Cl)c2)CC1. The summed E-state index contributed by atoms with van der Waals surface area (Å²) in [6.07, 6.45) is 0. The third kappa shape index (κ3) is 4.26. The number of nitriles is 1. The predicted molar refractivity (Wildman–Crippen MR) is 102 cm³/mol. The molecule has 1 aliphatic heterocycles. The zero-order valence-corrected chi connectivity index (χ0v) is 16.5. The van der Waals surface area contributed by atoms with Crippen molar-refractivity contribution in [2.75, 3.05) is 26.2 Å². The molecule has 0 spiro atoms. The molecule has 0 amide bonds. The van der Waals surface area contributed by atoms with Gasteiger partial charge in [-0.1, -0.05) is 35.3 Å². The lowest BCUT2D eigenvalue weighted by molar-refractivity contribution is 0.162. The molecule has 0 saturated carbocycles. The van der Waals surface area contributed by atoms with Gasteiger partial charge in [0.05, 0.1) is 21.0 Å². The molecule has 3 rings (SSSR count). The maximum atomic E-state index is 13.1. The van der Waals surface area contributed by atoms with Gasteiger partial charge >= 0.3 is 0 Å². The summed E-state index contributed by atoms with van der Waals surface area (Å²) in [6, 6.07) is 11.6. The van der Waals surface area contributed by atoms with E-state index in [1.165, 1.54) is 34.6 Å². The lowest BCUT2D eigenvalue weighted by Crippen LogP contribution is -2.49. The highest BCUT2D eigenvalue weighted by atomic mass is 35.5. The first-order valence-corrected chi connectivity index (χ1v) is 10.4. The molecule has 1 aliphatic rings. The summed E-state index contributed by atoms with van der Waals surface area (Å²) in [5.74, 6) is -0.368. The number of hydrogen-bond donors (Lipinski definition) is 0. The van der Waals surface area contributed by atoms with Crippen LogP contribution < -0.4 is 0 Å². The first-order valence-electron chi connectivity index (χ1n) is 8.17. The number of rotatable bonds is 4. The molecule has 1 saturated heterocycles. The fourth-order valence-electron chi connectivity index (χ4n) is 3.00. The molecule has 142 valence electrons. The molecule has 0 radical (unpaired) electrons. The summed E-state index contributed by atoms with van der Waals surface area (Å²) in [5.41, 5.74) is 0.680. The van der Waals surface area contributed by atoms with E-state index >= 15 is 0 Å². The van der Waals surface area contributed by atoms with E-state index in [0.717, 1.165) is 0 Å². The first-order chi connectivity index (χ1) is 12.8. The third-order valence-electron chi connectivity index (χ3n) is 4.48. The standard InChI is InChI=1S/C18H16Cl2FN3O2S/c19-16-6-5-15(11-17(16)20)27(25,26)24-9-7-23(8-10-24)18(12-22)13-1-3-14(21)4-2-13/h1-6,11,18H,7-10H2. The van der Waals surface area contributed by atoms with Crippen LogP contribution in [-0.2, 0) is 10.0 Å². The topological polar surface area (TPSA) is 64.4 Å². The molecule has 0 aromatic heterocycles. The van der Waals surface area contributed by atoms with Gasteiger partial charge in [0.15, 0.2) is 0 Å². The van der Waals surface area contributed by atoms with E-state index in [0.29, 0.717) is 18.7 Å². The van der Waals surface area contributed by atoms with Crippen molar-refractivity contribution in [3.05, 3.63) is 63.9 Å². The van der Waals surface area contributed by atoms with Gasteiger partial charge in [0.25, 0.3) is 0 Å². The molecule has 9 heteroatoms. The minimum absolute atomic E-state index is 0.0840. The summed E-state index contributed by atoms with van der Waals surface area (Å²) in [7, 11) is -3.70. The van der Waals surface area contributed by atoms with Crippen LogP contribution in [0.2, 0.25) is 10.0 Å². The molecule has 1 atom stereocenters. The van der Waals surface area contributed by atoms with E-state index in [4.69, 9.17) is 23.2 Å². The zero-order chi connectivity index (χ0) is 19.6. The van der Waals surface area contributed by atoms with E-state index in [9.17, 15) is 18.1 Å². The summed E-state index contributed by atoms with van der Waals surface area (Å²) >= 11 is 11.8. The Hall–Kier alpha value is -1.69. The van der Waals surface area contributed by atoms with Gasteiger partial charge < -0.3 is 0 Å². The second-order valence-electron chi connectivity index (χ2n) is 6.10. The second kappa shape index (κ2) is 8.13. The minimum atomic E-state index is -3.70. The molecule has 0 N–H and O–H groups in total. The molecule has 5 nitrogen and oxygen atoms in total. The van der Waals surface area contributed by atoms with Crippen LogP contribution in [0.5, 0.6) is 0 Å². The largest absolute Gasteiger partial charge is 0.282 e. The van der Waals surface area contributed by atoms with Crippen molar-refractivity contribution in [3.8, 4) is 6.07 Å². The lowest BCUT2D eigenvalue weighted by atomic mass is 10.1. The zero-order valence-electron chi connectivity index (χ0n) is 14.1. The smallest absolute Gasteiger partial charge is 0.243 e. The molecule has 2 aromatic carbocycles. The van der Waals surface area contributed by atoms with Gasteiger partial charge in [-0.3, -0.25) is 4.90 Å². The maximum absolute atomic E-state index is 13.1. The molecule has 27 heavy (non-hydrogen) atoms. The van der Waals surface area contributed by atoms with E-state index in [1.54, 1.807) is 12.1 Å². The van der Waals surface area contributed by atoms with Gasteiger partial charge in [0, 0.05) is 26.2 Å². The van der Waals surface area contributed by atoms with E-state index < -0.39 is 16.1 Å². The van der Waals surface area contributed by atoms with Crippen LogP contribution in [0.3, 0.4) is 0 Å². The van der Waals surface area contributed by atoms with Crippen molar-refractivity contribution in [2.45, 2.75) is 10.9 Å². The Bertz CT molecular complexity index is 969. The molecular formula is C18H16Cl2FN3O2S. The van der Waals surface area contributed by atoms with Gasteiger partial charge in [-0.15, -0.1) is 0 Å². The maximum Gasteiger partial charge on any atom is 0.243 e. The highest BCUT2D eigenvalue weighted by molar-refractivity contribution is 7.89. The quantitative estimate of drug-likeness (QED) is 0.745. The molecular weight excluding hydrogens is 412 g/mol. The monoisotopic (exact) mass is 427 g/mol. The van der Waals surface area contributed by atoms with Crippen LogP contribution >= 0.6 is 23.2 Å². The average molecular weight is 428 g/mol. The van der Waals surface area contributed by atoms with Crippen LogP contribution in [0.25, 0.3) is 0 Å². The molecule has 1 unspecified atom stereocenters. The molecule has 0 bridgehead atoms. The van der Waals surface area contributed by atoms with Crippen LogP contribution in [0.15, 0.2) is 47.4 Å². The number of benzene rings is 2. The Morgan fingerprint density at radius 2 is 1.63 bits per heavy atom.